The van der Waals surface area contributed by atoms with Gasteiger partial charge < -0.3 is 19.5 Å². The highest BCUT2D eigenvalue weighted by molar-refractivity contribution is 5.92. The van der Waals surface area contributed by atoms with Crippen molar-refractivity contribution < 1.29 is 19.0 Å². The number of benzene rings is 2. The summed E-state index contributed by atoms with van der Waals surface area (Å²) in [6.07, 6.45) is 1.72. The fourth-order valence-electron chi connectivity index (χ4n) is 3.19. The average Bonchev–Trinajstić information content (AvgIpc) is 3.21. The first-order valence-corrected chi connectivity index (χ1v) is 10.4. The molecule has 1 aromatic heterocycles. The van der Waals surface area contributed by atoms with Gasteiger partial charge in [-0.05, 0) is 74.7 Å². The molecule has 0 fully saturated rings. The van der Waals surface area contributed by atoms with Crippen molar-refractivity contribution in [1.82, 2.24) is 15.1 Å². The van der Waals surface area contributed by atoms with Crippen LogP contribution in [0.1, 0.15) is 41.0 Å². The smallest absolute Gasteiger partial charge is 0.272 e. The van der Waals surface area contributed by atoms with Crippen LogP contribution in [-0.4, -0.2) is 28.9 Å². The summed E-state index contributed by atoms with van der Waals surface area (Å²) in [5.41, 5.74) is 3.52. The third kappa shape index (κ3) is 6.25. The molecule has 0 radical (unpaired) electrons. The van der Waals surface area contributed by atoms with Crippen molar-refractivity contribution >= 4 is 5.91 Å². The Hall–Kier alpha value is -3.48. The summed E-state index contributed by atoms with van der Waals surface area (Å²) in [7, 11) is 0. The second kappa shape index (κ2) is 10.5. The normalized spacial score (nSPS) is 10.6. The molecule has 0 saturated heterocycles. The molecule has 0 unspecified atom stereocenters. The third-order valence-corrected chi connectivity index (χ3v) is 4.49. The molecule has 164 valence electrons. The minimum absolute atomic E-state index is 0.229. The van der Waals surface area contributed by atoms with Crippen LogP contribution in [-0.2, 0) is 13.3 Å². The Morgan fingerprint density at radius 3 is 2.35 bits per heavy atom. The molecule has 7 heteroatoms. The van der Waals surface area contributed by atoms with E-state index < -0.39 is 0 Å². The van der Waals surface area contributed by atoms with Gasteiger partial charge in [-0.2, -0.15) is 5.10 Å². The topological polar surface area (TPSA) is 74.6 Å². The molecule has 1 amide bonds. The van der Waals surface area contributed by atoms with Gasteiger partial charge in [0.05, 0.1) is 13.2 Å². The van der Waals surface area contributed by atoms with Gasteiger partial charge >= 0.3 is 0 Å². The molecule has 0 spiro atoms. The van der Waals surface area contributed by atoms with E-state index in [0.717, 1.165) is 22.4 Å². The van der Waals surface area contributed by atoms with Gasteiger partial charge in [-0.25, -0.2) is 4.68 Å². The number of aromatic nitrogens is 2. The number of rotatable bonds is 10. The molecule has 7 nitrogen and oxygen atoms in total. The van der Waals surface area contributed by atoms with E-state index in [4.69, 9.17) is 14.2 Å². The van der Waals surface area contributed by atoms with E-state index in [1.54, 1.807) is 16.9 Å². The van der Waals surface area contributed by atoms with E-state index in [-0.39, 0.29) is 12.6 Å². The molecule has 0 atom stereocenters. The van der Waals surface area contributed by atoms with E-state index in [1.165, 1.54) is 0 Å². The van der Waals surface area contributed by atoms with Crippen LogP contribution in [0.5, 0.6) is 17.2 Å². The molecule has 0 aliphatic heterocycles. The van der Waals surface area contributed by atoms with Crippen molar-refractivity contribution in [1.29, 1.82) is 0 Å². The van der Waals surface area contributed by atoms with Gasteiger partial charge in [0.2, 0.25) is 0 Å². The molecule has 1 N–H and O–H groups in total. The highest BCUT2D eigenvalue weighted by Gasteiger charge is 2.11. The number of hydrogen-bond acceptors (Lipinski definition) is 5. The second-order valence-electron chi connectivity index (χ2n) is 7.17. The van der Waals surface area contributed by atoms with Crippen molar-refractivity contribution in [2.75, 3.05) is 13.2 Å². The van der Waals surface area contributed by atoms with Crippen molar-refractivity contribution in [3.63, 3.8) is 0 Å². The van der Waals surface area contributed by atoms with Crippen LogP contribution in [0.25, 0.3) is 0 Å². The van der Waals surface area contributed by atoms with Crippen molar-refractivity contribution in [3.05, 3.63) is 71.0 Å². The minimum atomic E-state index is -0.253. The first-order valence-electron chi connectivity index (χ1n) is 10.4. The fourth-order valence-corrected chi connectivity index (χ4v) is 3.19. The van der Waals surface area contributed by atoms with Crippen molar-refractivity contribution in [2.24, 2.45) is 0 Å². The summed E-state index contributed by atoms with van der Waals surface area (Å²) in [6, 6.07) is 13.3. The monoisotopic (exact) mass is 423 g/mol. The summed E-state index contributed by atoms with van der Waals surface area (Å²) < 4.78 is 18.6. The van der Waals surface area contributed by atoms with Crippen LogP contribution >= 0.6 is 0 Å². The summed E-state index contributed by atoms with van der Waals surface area (Å²) in [6.45, 7) is 9.59. The molecule has 0 bridgehead atoms. The van der Waals surface area contributed by atoms with Crippen molar-refractivity contribution in [3.8, 4) is 17.2 Å². The van der Waals surface area contributed by atoms with Crippen LogP contribution < -0.4 is 19.5 Å². The number of carbonyl (C=O) groups excluding carboxylic acids is 1. The number of nitrogens with zero attached hydrogens (tertiary/aromatic N) is 2. The molecule has 3 rings (SSSR count). The van der Waals surface area contributed by atoms with E-state index in [1.807, 2.05) is 58.0 Å². The maximum atomic E-state index is 12.5. The number of hydrogen-bond donors (Lipinski definition) is 1. The quantitative estimate of drug-likeness (QED) is 0.527. The zero-order valence-corrected chi connectivity index (χ0v) is 18.5. The predicted octanol–water partition coefficient (Wildman–Crippen LogP) is 4.26. The fraction of sp³-hybridized carbons (Fsp3) is 0.333. The van der Waals surface area contributed by atoms with Gasteiger partial charge in [0.15, 0.2) is 18.2 Å². The molecule has 2 aromatic carbocycles. The van der Waals surface area contributed by atoms with Crippen LogP contribution in [0.15, 0.2) is 48.7 Å². The largest absolute Gasteiger partial charge is 0.490 e. The Morgan fingerprint density at radius 2 is 1.65 bits per heavy atom. The highest BCUT2D eigenvalue weighted by Crippen LogP contribution is 2.28. The van der Waals surface area contributed by atoms with Gasteiger partial charge in [-0.3, -0.25) is 4.79 Å². The maximum Gasteiger partial charge on any atom is 0.272 e. The number of aryl methyl sites for hydroxylation is 2. The molecular formula is C24H29N3O4. The highest BCUT2D eigenvalue weighted by atomic mass is 16.5. The lowest BCUT2D eigenvalue weighted by molar-refractivity contribution is 0.0943. The lowest BCUT2D eigenvalue weighted by Crippen LogP contribution is -2.23. The van der Waals surface area contributed by atoms with Crippen LogP contribution in [0, 0.1) is 13.8 Å². The zero-order valence-electron chi connectivity index (χ0n) is 18.5. The van der Waals surface area contributed by atoms with Crippen LogP contribution in [0.3, 0.4) is 0 Å². The molecule has 31 heavy (non-hydrogen) atoms. The Balaban J connectivity index is 1.56. The first kappa shape index (κ1) is 22.2. The van der Waals surface area contributed by atoms with E-state index in [2.05, 4.69) is 16.5 Å². The van der Waals surface area contributed by atoms with Crippen molar-refractivity contribution in [2.45, 2.75) is 41.0 Å². The molecule has 0 aliphatic carbocycles. The van der Waals surface area contributed by atoms with Gasteiger partial charge in [0, 0.05) is 12.7 Å². The standard InChI is InChI=1S/C24H29N3O4/c1-5-29-22-8-7-19(14-23(22)30-6-2)15-25-24(28)21-9-10-27(26-21)16-31-20-12-17(3)11-18(4)13-20/h7-14H,5-6,15-16H2,1-4H3,(H,25,28). The van der Waals surface area contributed by atoms with E-state index in [0.29, 0.717) is 37.0 Å². The van der Waals surface area contributed by atoms with Gasteiger partial charge in [-0.1, -0.05) is 12.1 Å². The Bertz CT molecular complexity index is 1010. The molecular weight excluding hydrogens is 394 g/mol. The first-order chi connectivity index (χ1) is 15.0. The van der Waals surface area contributed by atoms with Gasteiger partial charge in [0.1, 0.15) is 11.4 Å². The van der Waals surface area contributed by atoms with Gasteiger partial charge in [0.25, 0.3) is 5.91 Å². The summed E-state index contributed by atoms with van der Waals surface area (Å²) >= 11 is 0. The predicted molar refractivity (Wildman–Crippen MR) is 119 cm³/mol. The second-order valence-corrected chi connectivity index (χ2v) is 7.17. The minimum Gasteiger partial charge on any atom is -0.490 e. The number of ether oxygens (including phenoxy) is 3. The molecule has 0 aliphatic rings. The summed E-state index contributed by atoms with van der Waals surface area (Å²) in [4.78, 5) is 12.5. The Morgan fingerprint density at radius 1 is 0.935 bits per heavy atom. The molecule has 1 heterocycles. The number of amides is 1. The molecule has 0 saturated carbocycles. The Kier molecular flexibility index (Phi) is 7.54. The Labute approximate surface area is 182 Å². The van der Waals surface area contributed by atoms with Crippen LogP contribution in [0.4, 0.5) is 0 Å². The molecule has 3 aromatic rings. The van der Waals surface area contributed by atoms with E-state index in [9.17, 15) is 4.79 Å². The SMILES string of the molecule is CCOc1ccc(CNC(=O)c2ccn(COc3cc(C)cc(C)c3)n2)cc1OCC. The third-order valence-electron chi connectivity index (χ3n) is 4.49. The maximum absolute atomic E-state index is 12.5. The summed E-state index contributed by atoms with van der Waals surface area (Å²) in [5, 5.41) is 7.19. The lowest BCUT2D eigenvalue weighted by atomic mass is 10.1. The lowest BCUT2D eigenvalue weighted by Gasteiger charge is -2.12. The number of carbonyl (C=O) groups is 1. The summed E-state index contributed by atoms with van der Waals surface area (Å²) in [5.74, 6) is 1.89. The zero-order chi connectivity index (χ0) is 22.2. The van der Waals surface area contributed by atoms with Crippen LogP contribution in [0.2, 0.25) is 0 Å². The van der Waals surface area contributed by atoms with Gasteiger partial charge in [-0.15, -0.1) is 0 Å². The van der Waals surface area contributed by atoms with E-state index >= 15 is 0 Å². The number of nitrogens with one attached hydrogen (secondary N) is 1. The average molecular weight is 424 g/mol.